The van der Waals surface area contributed by atoms with Crippen LogP contribution in [0.4, 0.5) is 5.82 Å². The Bertz CT molecular complexity index is 938. The number of amides is 1. The number of nitrogens with zero attached hydrogens (tertiary/aromatic N) is 5. The van der Waals surface area contributed by atoms with Gasteiger partial charge < -0.3 is 10.6 Å². The molecule has 0 saturated carbocycles. The summed E-state index contributed by atoms with van der Waals surface area (Å²) in [6.45, 7) is 7.50. The lowest BCUT2D eigenvalue weighted by atomic mass is 10.1. The van der Waals surface area contributed by atoms with Crippen LogP contribution >= 0.6 is 0 Å². The molecule has 3 aromatic rings. The summed E-state index contributed by atoms with van der Waals surface area (Å²) >= 11 is 0. The number of carbonyl (C=O) groups excluding carboxylic acids is 1. The van der Waals surface area contributed by atoms with Crippen LogP contribution in [0.1, 0.15) is 49.4 Å². The van der Waals surface area contributed by atoms with Gasteiger partial charge in [-0.2, -0.15) is 5.10 Å². The highest BCUT2D eigenvalue weighted by atomic mass is 16.1. The van der Waals surface area contributed by atoms with Crippen molar-refractivity contribution in [1.29, 1.82) is 0 Å². The largest absolute Gasteiger partial charge is 0.370 e. The molecule has 0 aliphatic carbocycles. The first-order chi connectivity index (χ1) is 13.7. The maximum absolute atomic E-state index is 12.8. The zero-order valence-electron chi connectivity index (χ0n) is 16.4. The molecule has 0 saturated heterocycles. The molecule has 2 heterocycles. The van der Waals surface area contributed by atoms with Crippen molar-refractivity contribution < 1.29 is 4.79 Å². The molecule has 0 fully saturated rings. The Balaban J connectivity index is 1.81. The maximum atomic E-state index is 12.8. The molecule has 0 bridgehead atoms. The number of anilines is 1. The lowest BCUT2D eigenvalue weighted by Crippen LogP contribution is -2.30. The third kappa shape index (κ3) is 4.33. The molecular weight excluding hydrogens is 354 g/mol. The van der Waals surface area contributed by atoms with Crippen molar-refractivity contribution in [3.05, 3.63) is 54.2 Å². The lowest BCUT2D eigenvalue weighted by molar-refractivity contribution is 0.0932. The van der Waals surface area contributed by atoms with Crippen LogP contribution < -0.4 is 10.6 Å². The Morgan fingerprint density at radius 3 is 2.79 bits per heavy atom. The van der Waals surface area contributed by atoms with Crippen LogP contribution in [-0.2, 0) is 6.54 Å². The Kier molecular flexibility index (Phi) is 6.31. The summed E-state index contributed by atoms with van der Waals surface area (Å²) < 4.78 is 1.80. The van der Waals surface area contributed by atoms with E-state index in [2.05, 4.69) is 30.7 Å². The van der Waals surface area contributed by atoms with Crippen LogP contribution in [0.3, 0.4) is 0 Å². The van der Waals surface area contributed by atoms with E-state index in [1.165, 1.54) is 6.33 Å². The van der Waals surface area contributed by atoms with Crippen molar-refractivity contribution in [2.75, 3.05) is 11.9 Å². The second-order valence-electron chi connectivity index (χ2n) is 6.24. The van der Waals surface area contributed by atoms with Gasteiger partial charge >= 0.3 is 0 Å². The number of nitrogens with one attached hydrogen (secondary N) is 2. The van der Waals surface area contributed by atoms with Gasteiger partial charge in [-0.3, -0.25) is 4.79 Å². The molecule has 8 nitrogen and oxygen atoms in total. The minimum absolute atomic E-state index is 0.165. The molecule has 1 aromatic carbocycles. The van der Waals surface area contributed by atoms with Gasteiger partial charge in [0.2, 0.25) is 0 Å². The van der Waals surface area contributed by atoms with Gasteiger partial charge in [0.25, 0.3) is 5.91 Å². The number of carbonyl (C=O) groups is 1. The van der Waals surface area contributed by atoms with E-state index >= 15 is 0 Å². The van der Waals surface area contributed by atoms with E-state index in [9.17, 15) is 4.79 Å². The van der Waals surface area contributed by atoms with E-state index in [0.717, 1.165) is 30.2 Å². The first-order valence-electron chi connectivity index (χ1n) is 9.52. The molecule has 146 valence electrons. The van der Waals surface area contributed by atoms with E-state index in [-0.39, 0.29) is 11.9 Å². The Labute approximate surface area is 164 Å². The smallest absolute Gasteiger partial charge is 0.251 e. The molecule has 1 atom stereocenters. The first-order valence-corrected chi connectivity index (χ1v) is 9.52. The normalized spacial score (nSPS) is 11.8. The third-order valence-electron chi connectivity index (χ3n) is 4.37. The van der Waals surface area contributed by atoms with Crippen LogP contribution in [0, 0.1) is 0 Å². The SMILES string of the molecule is CCNc1ccnc(-c2cccc(C(=O)N[C@@H](CC)c3ncnn3CC)c2)n1. The molecule has 0 aliphatic heterocycles. The standard InChI is InChI=1S/C20H25N7O/c1-4-16(19-23-13-24-27(19)6-3)25-20(28)15-9-7-8-14(12-15)18-22-11-10-17(26-18)21-5-2/h7-13,16H,4-6H2,1-3H3,(H,25,28)(H,21,22,26)/t16-/m0/s1. The number of benzene rings is 1. The third-order valence-corrected chi connectivity index (χ3v) is 4.37. The highest BCUT2D eigenvalue weighted by Crippen LogP contribution is 2.19. The fourth-order valence-corrected chi connectivity index (χ4v) is 2.95. The topological polar surface area (TPSA) is 97.6 Å². The number of hydrogen-bond acceptors (Lipinski definition) is 6. The number of aryl methyl sites for hydroxylation is 1. The van der Waals surface area contributed by atoms with Gasteiger partial charge in [0.1, 0.15) is 18.0 Å². The summed E-state index contributed by atoms with van der Waals surface area (Å²) in [5, 5.41) is 10.4. The quantitative estimate of drug-likeness (QED) is 0.624. The monoisotopic (exact) mass is 379 g/mol. The van der Waals surface area contributed by atoms with Gasteiger partial charge in [0, 0.05) is 30.4 Å². The zero-order chi connectivity index (χ0) is 19.9. The summed E-state index contributed by atoms with van der Waals surface area (Å²) in [4.78, 5) is 26.0. The van der Waals surface area contributed by atoms with E-state index < -0.39 is 0 Å². The second-order valence-corrected chi connectivity index (χ2v) is 6.24. The van der Waals surface area contributed by atoms with Gasteiger partial charge in [0.15, 0.2) is 5.82 Å². The van der Waals surface area contributed by atoms with Crippen LogP contribution in [0.25, 0.3) is 11.4 Å². The molecule has 2 N–H and O–H groups in total. The van der Waals surface area contributed by atoms with Crippen molar-refractivity contribution in [3.8, 4) is 11.4 Å². The molecule has 0 aliphatic rings. The van der Waals surface area contributed by atoms with Crippen LogP contribution in [0.2, 0.25) is 0 Å². The molecule has 28 heavy (non-hydrogen) atoms. The van der Waals surface area contributed by atoms with E-state index in [4.69, 9.17) is 0 Å². The highest BCUT2D eigenvalue weighted by molar-refractivity contribution is 5.95. The van der Waals surface area contributed by atoms with Gasteiger partial charge in [0.05, 0.1) is 6.04 Å². The Morgan fingerprint density at radius 1 is 1.18 bits per heavy atom. The molecular formula is C20H25N7O. The predicted octanol–water partition coefficient (Wildman–Crippen LogP) is 3.07. The Morgan fingerprint density at radius 2 is 2.04 bits per heavy atom. The number of rotatable bonds is 8. The minimum Gasteiger partial charge on any atom is -0.370 e. The van der Waals surface area contributed by atoms with E-state index in [0.29, 0.717) is 17.9 Å². The molecule has 3 rings (SSSR count). The highest BCUT2D eigenvalue weighted by Gasteiger charge is 2.19. The first kappa shape index (κ1) is 19.5. The fourth-order valence-electron chi connectivity index (χ4n) is 2.95. The van der Waals surface area contributed by atoms with Crippen molar-refractivity contribution >= 4 is 11.7 Å². The van der Waals surface area contributed by atoms with Crippen LogP contribution in [0.5, 0.6) is 0 Å². The molecule has 8 heteroatoms. The van der Waals surface area contributed by atoms with Crippen LogP contribution in [0.15, 0.2) is 42.9 Å². The minimum atomic E-state index is -0.202. The summed E-state index contributed by atoms with van der Waals surface area (Å²) in [5.74, 6) is 1.93. The van der Waals surface area contributed by atoms with Crippen molar-refractivity contribution in [2.45, 2.75) is 39.8 Å². The average Bonchev–Trinajstić information content (AvgIpc) is 3.21. The van der Waals surface area contributed by atoms with E-state index in [1.54, 1.807) is 23.0 Å². The van der Waals surface area contributed by atoms with Crippen molar-refractivity contribution in [1.82, 2.24) is 30.0 Å². The lowest BCUT2D eigenvalue weighted by Gasteiger charge is -2.17. The molecule has 0 spiro atoms. The van der Waals surface area contributed by atoms with Gasteiger partial charge in [-0.15, -0.1) is 0 Å². The van der Waals surface area contributed by atoms with Crippen LogP contribution in [-0.4, -0.2) is 37.2 Å². The van der Waals surface area contributed by atoms with Gasteiger partial charge in [-0.1, -0.05) is 19.1 Å². The second kappa shape index (κ2) is 9.07. The van der Waals surface area contributed by atoms with Gasteiger partial charge in [-0.25, -0.2) is 19.6 Å². The van der Waals surface area contributed by atoms with Crippen molar-refractivity contribution in [2.24, 2.45) is 0 Å². The maximum Gasteiger partial charge on any atom is 0.251 e. The van der Waals surface area contributed by atoms with Crippen molar-refractivity contribution in [3.63, 3.8) is 0 Å². The summed E-state index contributed by atoms with van der Waals surface area (Å²) in [6.07, 6.45) is 3.94. The molecule has 0 unspecified atom stereocenters. The summed E-state index contributed by atoms with van der Waals surface area (Å²) in [5.41, 5.74) is 1.34. The number of hydrogen-bond donors (Lipinski definition) is 2. The molecule has 0 radical (unpaired) electrons. The molecule has 2 aromatic heterocycles. The number of aromatic nitrogens is 5. The molecule has 1 amide bonds. The van der Waals surface area contributed by atoms with E-state index in [1.807, 2.05) is 39.0 Å². The average molecular weight is 379 g/mol. The zero-order valence-corrected chi connectivity index (χ0v) is 16.4. The Hall–Kier alpha value is -3.29. The van der Waals surface area contributed by atoms with Gasteiger partial charge in [-0.05, 0) is 38.5 Å². The fraction of sp³-hybridized carbons (Fsp3) is 0.350. The summed E-state index contributed by atoms with van der Waals surface area (Å²) in [6, 6.07) is 8.93. The summed E-state index contributed by atoms with van der Waals surface area (Å²) in [7, 11) is 0. The predicted molar refractivity (Wildman–Crippen MR) is 108 cm³/mol.